The van der Waals surface area contributed by atoms with E-state index >= 15 is 0 Å². The third kappa shape index (κ3) is 2.24. The molecule has 0 saturated heterocycles. The first-order valence-corrected chi connectivity index (χ1v) is 5.94. The first-order valence-electron chi connectivity index (χ1n) is 5.94. The zero-order valence-electron chi connectivity index (χ0n) is 11.0. The van der Waals surface area contributed by atoms with E-state index in [1.165, 1.54) is 0 Å². The highest BCUT2D eigenvalue weighted by Gasteiger charge is 2.13. The predicted octanol–water partition coefficient (Wildman–Crippen LogP) is 1.94. The summed E-state index contributed by atoms with van der Waals surface area (Å²) in [6.07, 6.45) is 2.41. The summed E-state index contributed by atoms with van der Waals surface area (Å²) in [5, 5.41) is 9.00. The van der Waals surface area contributed by atoms with Crippen molar-refractivity contribution in [3.05, 3.63) is 35.7 Å². The van der Waals surface area contributed by atoms with Crippen molar-refractivity contribution in [3.8, 4) is 17.1 Å². The lowest BCUT2D eigenvalue weighted by Gasteiger charge is -2.10. The third-order valence-electron chi connectivity index (χ3n) is 3.05. The molecule has 0 atom stereocenters. The smallest absolute Gasteiger partial charge is 0.143 e. The molecule has 2 rings (SSSR count). The fraction of sp³-hybridized carbons (Fsp3) is 0.357. The molecule has 0 amide bonds. The Morgan fingerprint density at radius 1 is 1.39 bits per heavy atom. The molecule has 96 valence electrons. The first-order chi connectivity index (χ1) is 8.67. The lowest BCUT2D eigenvalue weighted by molar-refractivity contribution is 0.297. The minimum atomic E-state index is 0.129. The van der Waals surface area contributed by atoms with Crippen molar-refractivity contribution in [1.82, 2.24) is 9.55 Å². The molecule has 0 saturated carbocycles. The van der Waals surface area contributed by atoms with E-state index in [4.69, 9.17) is 9.84 Å². The molecule has 1 aromatic carbocycles. The lowest BCUT2D eigenvalue weighted by Crippen LogP contribution is -2.02. The van der Waals surface area contributed by atoms with Gasteiger partial charge in [0.15, 0.2) is 0 Å². The van der Waals surface area contributed by atoms with Crippen LogP contribution in [0.3, 0.4) is 0 Å². The number of aliphatic hydroxyl groups excluding tert-OH is 1. The van der Waals surface area contributed by atoms with Crippen LogP contribution in [0.1, 0.15) is 11.3 Å². The number of nitrogens with zero attached hydrogens (tertiary/aromatic N) is 2. The van der Waals surface area contributed by atoms with Gasteiger partial charge in [-0.3, -0.25) is 0 Å². The maximum Gasteiger partial charge on any atom is 0.143 e. The summed E-state index contributed by atoms with van der Waals surface area (Å²) >= 11 is 0. The van der Waals surface area contributed by atoms with Crippen LogP contribution in [-0.2, 0) is 13.5 Å². The van der Waals surface area contributed by atoms with Gasteiger partial charge in [-0.05, 0) is 19.1 Å². The van der Waals surface area contributed by atoms with Crippen LogP contribution in [0, 0.1) is 6.92 Å². The second-order valence-corrected chi connectivity index (χ2v) is 4.31. The number of ether oxygens (including phenoxy) is 1. The van der Waals surface area contributed by atoms with Crippen molar-refractivity contribution in [2.75, 3.05) is 13.7 Å². The Morgan fingerprint density at radius 2 is 2.17 bits per heavy atom. The van der Waals surface area contributed by atoms with E-state index < -0.39 is 0 Å². The quantitative estimate of drug-likeness (QED) is 0.896. The van der Waals surface area contributed by atoms with Gasteiger partial charge in [-0.2, -0.15) is 0 Å². The van der Waals surface area contributed by atoms with Crippen molar-refractivity contribution in [2.45, 2.75) is 13.3 Å². The largest absolute Gasteiger partial charge is 0.496 e. The number of imidazole rings is 1. The van der Waals surface area contributed by atoms with Crippen LogP contribution in [0.25, 0.3) is 11.4 Å². The van der Waals surface area contributed by atoms with Crippen LogP contribution in [0.5, 0.6) is 5.75 Å². The molecule has 0 aliphatic rings. The summed E-state index contributed by atoms with van der Waals surface area (Å²) in [6.45, 7) is 2.17. The Balaban J connectivity index is 2.51. The summed E-state index contributed by atoms with van der Waals surface area (Å²) in [5.74, 6) is 1.67. The predicted molar refractivity (Wildman–Crippen MR) is 70.7 cm³/mol. The SMILES string of the molecule is COc1ccc(C)cc1-c1ncc(CCO)n1C. The molecule has 1 heterocycles. The minimum absolute atomic E-state index is 0.129. The monoisotopic (exact) mass is 246 g/mol. The molecule has 4 heteroatoms. The van der Waals surface area contributed by atoms with Crippen LogP contribution < -0.4 is 4.74 Å². The molecule has 0 unspecified atom stereocenters. The van der Waals surface area contributed by atoms with E-state index in [1.54, 1.807) is 13.3 Å². The summed E-state index contributed by atoms with van der Waals surface area (Å²) in [4.78, 5) is 4.43. The zero-order chi connectivity index (χ0) is 13.1. The molecule has 1 aromatic heterocycles. The molecule has 1 N–H and O–H groups in total. The Labute approximate surface area is 107 Å². The van der Waals surface area contributed by atoms with Gasteiger partial charge in [0, 0.05) is 32.0 Å². The molecular formula is C14H18N2O2. The fourth-order valence-electron chi connectivity index (χ4n) is 2.04. The second-order valence-electron chi connectivity index (χ2n) is 4.31. The van der Waals surface area contributed by atoms with E-state index in [0.717, 1.165) is 28.4 Å². The second kappa shape index (κ2) is 5.23. The number of aryl methyl sites for hydroxylation is 1. The van der Waals surface area contributed by atoms with Gasteiger partial charge in [0.05, 0.1) is 12.7 Å². The summed E-state index contributed by atoms with van der Waals surface area (Å²) < 4.78 is 7.37. The van der Waals surface area contributed by atoms with Crippen LogP contribution in [0.4, 0.5) is 0 Å². The minimum Gasteiger partial charge on any atom is -0.496 e. The standard InChI is InChI=1S/C14H18N2O2/c1-10-4-5-13(18-3)12(8-10)14-15-9-11(6-7-17)16(14)2/h4-5,8-9,17H,6-7H2,1-3H3. The third-order valence-corrected chi connectivity index (χ3v) is 3.05. The van der Waals surface area contributed by atoms with Gasteiger partial charge in [-0.15, -0.1) is 0 Å². The fourth-order valence-corrected chi connectivity index (χ4v) is 2.04. The van der Waals surface area contributed by atoms with Gasteiger partial charge in [-0.25, -0.2) is 4.98 Å². The molecule has 0 spiro atoms. The van der Waals surface area contributed by atoms with Gasteiger partial charge in [0.1, 0.15) is 11.6 Å². The highest BCUT2D eigenvalue weighted by molar-refractivity contribution is 5.66. The number of aromatic nitrogens is 2. The maximum absolute atomic E-state index is 9.00. The van der Waals surface area contributed by atoms with Crippen molar-refractivity contribution in [3.63, 3.8) is 0 Å². The molecule has 4 nitrogen and oxygen atoms in total. The van der Waals surface area contributed by atoms with E-state index in [1.807, 2.05) is 30.7 Å². The topological polar surface area (TPSA) is 47.3 Å². The van der Waals surface area contributed by atoms with Gasteiger partial charge >= 0.3 is 0 Å². The molecular weight excluding hydrogens is 228 g/mol. The molecule has 0 fully saturated rings. The van der Waals surface area contributed by atoms with Gasteiger partial charge < -0.3 is 14.4 Å². The number of rotatable bonds is 4. The molecule has 2 aromatic rings. The van der Waals surface area contributed by atoms with Crippen molar-refractivity contribution < 1.29 is 9.84 Å². The molecule has 0 aliphatic carbocycles. The van der Waals surface area contributed by atoms with E-state index in [2.05, 4.69) is 11.1 Å². The molecule has 0 radical (unpaired) electrons. The van der Waals surface area contributed by atoms with Crippen LogP contribution >= 0.6 is 0 Å². The summed E-state index contributed by atoms with van der Waals surface area (Å²) in [7, 11) is 3.61. The first kappa shape index (κ1) is 12.6. The van der Waals surface area contributed by atoms with Gasteiger partial charge in [0.25, 0.3) is 0 Å². The highest BCUT2D eigenvalue weighted by atomic mass is 16.5. The number of hydrogen-bond acceptors (Lipinski definition) is 3. The van der Waals surface area contributed by atoms with E-state index in [0.29, 0.717) is 6.42 Å². The van der Waals surface area contributed by atoms with Crippen molar-refractivity contribution in [2.24, 2.45) is 7.05 Å². The molecule has 18 heavy (non-hydrogen) atoms. The van der Waals surface area contributed by atoms with Gasteiger partial charge in [-0.1, -0.05) is 11.6 Å². The Bertz CT molecular complexity index is 547. The Morgan fingerprint density at radius 3 is 2.83 bits per heavy atom. The highest BCUT2D eigenvalue weighted by Crippen LogP contribution is 2.30. The Hall–Kier alpha value is -1.81. The average molecular weight is 246 g/mol. The summed E-state index contributed by atoms with van der Waals surface area (Å²) in [5.41, 5.74) is 3.15. The van der Waals surface area contributed by atoms with E-state index in [-0.39, 0.29) is 6.61 Å². The Kier molecular flexibility index (Phi) is 3.67. The van der Waals surface area contributed by atoms with Gasteiger partial charge in [0.2, 0.25) is 0 Å². The van der Waals surface area contributed by atoms with Crippen molar-refractivity contribution >= 4 is 0 Å². The number of aliphatic hydroxyl groups is 1. The number of hydrogen-bond donors (Lipinski definition) is 1. The van der Waals surface area contributed by atoms with Crippen LogP contribution in [-0.4, -0.2) is 28.4 Å². The maximum atomic E-state index is 9.00. The average Bonchev–Trinajstić information content (AvgIpc) is 2.72. The zero-order valence-corrected chi connectivity index (χ0v) is 11.0. The normalized spacial score (nSPS) is 10.7. The lowest BCUT2D eigenvalue weighted by atomic mass is 10.1. The van der Waals surface area contributed by atoms with Crippen molar-refractivity contribution in [1.29, 1.82) is 0 Å². The van der Waals surface area contributed by atoms with Crippen LogP contribution in [0.15, 0.2) is 24.4 Å². The number of benzene rings is 1. The molecule has 0 bridgehead atoms. The molecule has 0 aliphatic heterocycles. The van der Waals surface area contributed by atoms with Crippen LogP contribution in [0.2, 0.25) is 0 Å². The number of methoxy groups -OCH3 is 1. The van der Waals surface area contributed by atoms with E-state index in [9.17, 15) is 0 Å². The summed E-state index contributed by atoms with van der Waals surface area (Å²) in [6, 6.07) is 6.02.